The fourth-order valence-corrected chi connectivity index (χ4v) is 4.36. The van der Waals surface area contributed by atoms with Crippen LogP contribution in [0.1, 0.15) is 21.7 Å². The zero-order chi connectivity index (χ0) is 20.7. The number of nitrogens with zero attached hydrogens (tertiary/aromatic N) is 3. The molecule has 4 aromatic rings. The van der Waals surface area contributed by atoms with E-state index in [2.05, 4.69) is 34.1 Å². The van der Waals surface area contributed by atoms with E-state index in [1.54, 1.807) is 6.07 Å². The van der Waals surface area contributed by atoms with E-state index in [9.17, 15) is 4.79 Å². The molecule has 5 rings (SSSR count). The number of aryl methyl sites for hydroxylation is 1. The number of piperazine rings is 1. The summed E-state index contributed by atoms with van der Waals surface area (Å²) in [6, 6.07) is 15.8. The van der Waals surface area contributed by atoms with Gasteiger partial charge in [0.2, 0.25) is 0 Å². The lowest BCUT2D eigenvalue weighted by Crippen LogP contribution is -2.48. The largest absolute Gasteiger partial charge is 0.451 e. The molecule has 5 nitrogen and oxygen atoms in total. The number of para-hydroxylation sites is 1. The molecule has 0 saturated carbocycles. The maximum atomic E-state index is 13.1. The SMILES string of the molecule is Cc1c(C(=O)N2CCN(Cc3cccc4cccnc34)CC2)oc2ccc(Cl)cc12. The Morgan fingerprint density at radius 3 is 2.73 bits per heavy atom. The Morgan fingerprint density at radius 2 is 1.90 bits per heavy atom. The van der Waals surface area contributed by atoms with Crippen molar-refractivity contribution in [1.82, 2.24) is 14.8 Å². The van der Waals surface area contributed by atoms with Gasteiger partial charge in [-0.1, -0.05) is 35.9 Å². The molecule has 1 fully saturated rings. The van der Waals surface area contributed by atoms with Crippen LogP contribution in [0.4, 0.5) is 0 Å². The first kappa shape index (κ1) is 19.1. The molecule has 3 heterocycles. The molecule has 0 atom stereocenters. The monoisotopic (exact) mass is 419 g/mol. The Labute approximate surface area is 179 Å². The molecule has 1 saturated heterocycles. The first-order chi connectivity index (χ1) is 14.6. The standard InChI is InChI=1S/C24H22ClN3O2/c1-16-20-14-19(25)7-8-21(20)30-23(16)24(29)28-12-10-27(11-13-28)15-18-5-2-4-17-6-3-9-26-22(17)18/h2-9,14H,10-13,15H2,1H3. The lowest BCUT2D eigenvalue weighted by Gasteiger charge is -2.34. The molecular formula is C24H22ClN3O2. The molecule has 1 aliphatic heterocycles. The summed E-state index contributed by atoms with van der Waals surface area (Å²) in [6.07, 6.45) is 1.84. The number of hydrogen-bond acceptors (Lipinski definition) is 4. The highest BCUT2D eigenvalue weighted by Gasteiger charge is 2.27. The van der Waals surface area contributed by atoms with Gasteiger partial charge in [-0.05, 0) is 36.8 Å². The quantitative estimate of drug-likeness (QED) is 0.474. The zero-order valence-corrected chi connectivity index (χ0v) is 17.5. The highest BCUT2D eigenvalue weighted by Crippen LogP contribution is 2.29. The van der Waals surface area contributed by atoms with Crippen LogP contribution in [0.25, 0.3) is 21.9 Å². The third kappa shape index (κ3) is 3.44. The zero-order valence-electron chi connectivity index (χ0n) is 16.8. The van der Waals surface area contributed by atoms with Gasteiger partial charge < -0.3 is 9.32 Å². The minimum absolute atomic E-state index is 0.0497. The summed E-state index contributed by atoms with van der Waals surface area (Å²) >= 11 is 6.10. The molecule has 1 aliphatic rings. The second kappa shape index (κ2) is 7.74. The van der Waals surface area contributed by atoms with Crippen LogP contribution < -0.4 is 0 Å². The van der Waals surface area contributed by atoms with E-state index >= 15 is 0 Å². The third-order valence-electron chi connectivity index (χ3n) is 5.86. The smallest absolute Gasteiger partial charge is 0.289 e. The van der Waals surface area contributed by atoms with Crippen LogP contribution in [-0.4, -0.2) is 46.9 Å². The molecule has 2 aromatic carbocycles. The van der Waals surface area contributed by atoms with Crippen LogP contribution in [0.2, 0.25) is 5.02 Å². The summed E-state index contributed by atoms with van der Waals surface area (Å²) in [5, 5.41) is 2.69. The molecule has 1 amide bonds. The maximum Gasteiger partial charge on any atom is 0.289 e. The number of amides is 1. The number of aromatic nitrogens is 1. The molecule has 2 aromatic heterocycles. The Balaban J connectivity index is 1.29. The Hall–Kier alpha value is -2.89. The fourth-order valence-electron chi connectivity index (χ4n) is 4.19. The van der Waals surface area contributed by atoms with E-state index < -0.39 is 0 Å². The van der Waals surface area contributed by atoms with Crippen LogP contribution in [0.3, 0.4) is 0 Å². The molecule has 0 radical (unpaired) electrons. The van der Waals surface area contributed by atoms with Crippen LogP contribution in [0.15, 0.2) is 59.1 Å². The van der Waals surface area contributed by atoms with Gasteiger partial charge in [0.05, 0.1) is 5.52 Å². The molecule has 30 heavy (non-hydrogen) atoms. The number of carbonyl (C=O) groups is 1. The minimum Gasteiger partial charge on any atom is -0.451 e. The van der Waals surface area contributed by atoms with Gasteiger partial charge in [-0.15, -0.1) is 0 Å². The van der Waals surface area contributed by atoms with Crippen molar-refractivity contribution in [3.63, 3.8) is 0 Å². The van der Waals surface area contributed by atoms with E-state index in [0.29, 0.717) is 29.5 Å². The van der Waals surface area contributed by atoms with Crippen LogP contribution in [0.5, 0.6) is 0 Å². The summed E-state index contributed by atoms with van der Waals surface area (Å²) in [5.41, 5.74) is 3.82. The van der Waals surface area contributed by atoms with Gasteiger partial charge in [-0.2, -0.15) is 0 Å². The van der Waals surface area contributed by atoms with E-state index in [1.807, 2.05) is 36.2 Å². The van der Waals surface area contributed by atoms with Crippen molar-refractivity contribution >= 4 is 39.4 Å². The van der Waals surface area contributed by atoms with Crippen molar-refractivity contribution in [2.24, 2.45) is 0 Å². The molecular weight excluding hydrogens is 398 g/mol. The molecule has 0 bridgehead atoms. The number of carbonyl (C=O) groups excluding carboxylic acids is 1. The van der Waals surface area contributed by atoms with Crippen LogP contribution in [0, 0.1) is 6.92 Å². The summed E-state index contributed by atoms with van der Waals surface area (Å²) in [6.45, 7) is 5.74. The van der Waals surface area contributed by atoms with Gasteiger partial charge in [0.25, 0.3) is 5.91 Å². The van der Waals surface area contributed by atoms with Crippen molar-refractivity contribution in [1.29, 1.82) is 0 Å². The average Bonchev–Trinajstić information content (AvgIpc) is 3.10. The lowest BCUT2D eigenvalue weighted by molar-refractivity contribution is 0.0599. The van der Waals surface area contributed by atoms with Crippen molar-refractivity contribution in [2.45, 2.75) is 13.5 Å². The molecule has 0 N–H and O–H groups in total. The Morgan fingerprint density at radius 1 is 1.10 bits per heavy atom. The number of furan rings is 1. The van der Waals surface area contributed by atoms with E-state index in [0.717, 1.165) is 41.5 Å². The highest BCUT2D eigenvalue weighted by atomic mass is 35.5. The van der Waals surface area contributed by atoms with Crippen molar-refractivity contribution in [3.05, 3.63) is 76.6 Å². The normalized spacial score (nSPS) is 15.2. The minimum atomic E-state index is -0.0497. The van der Waals surface area contributed by atoms with Gasteiger partial charge in [0.15, 0.2) is 5.76 Å². The topological polar surface area (TPSA) is 49.6 Å². The van der Waals surface area contributed by atoms with Gasteiger partial charge in [0, 0.05) is 60.3 Å². The Bertz CT molecular complexity index is 1240. The highest BCUT2D eigenvalue weighted by molar-refractivity contribution is 6.31. The second-order valence-electron chi connectivity index (χ2n) is 7.76. The maximum absolute atomic E-state index is 13.1. The predicted octanol–water partition coefficient (Wildman–Crippen LogP) is 4.90. The number of halogens is 1. The van der Waals surface area contributed by atoms with E-state index in [4.69, 9.17) is 16.0 Å². The number of rotatable bonds is 3. The summed E-state index contributed by atoms with van der Waals surface area (Å²) < 4.78 is 5.87. The van der Waals surface area contributed by atoms with Crippen LogP contribution >= 0.6 is 11.6 Å². The lowest BCUT2D eigenvalue weighted by atomic mass is 10.1. The third-order valence-corrected chi connectivity index (χ3v) is 6.10. The molecule has 152 valence electrons. The molecule has 0 aliphatic carbocycles. The summed E-state index contributed by atoms with van der Waals surface area (Å²) in [7, 11) is 0. The summed E-state index contributed by atoms with van der Waals surface area (Å²) in [5.74, 6) is 0.366. The number of benzene rings is 2. The number of pyridine rings is 1. The van der Waals surface area contributed by atoms with Gasteiger partial charge in [0.1, 0.15) is 5.58 Å². The molecule has 6 heteroatoms. The fraction of sp³-hybridized carbons (Fsp3) is 0.250. The van der Waals surface area contributed by atoms with Crippen LogP contribution in [-0.2, 0) is 6.54 Å². The van der Waals surface area contributed by atoms with E-state index in [1.165, 1.54) is 5.56 Å². The van der Waals surface area contributed by atoms with Crippen molar-refractivity contribution < 1.29 is 9.21 Å². The second-order valence-corrected chi connectivity index (χ2v) is 8.19. The first-order valence-electron chi connectivity index (χ1n) is 10.1. The Kier molecular flexibility index (Phi) is 4.93. The van der Waals surface area contributed by atoms with Gasteiger partial charge in [-0.25, -0.2) is 0 Å². The van der Waals surface area contributed by atoms with Crippen molar-refractivity contribution in [3.8, 4) is 0 Å². The average molecular weight is 420 g/mol. The summed E-state index contributed by atoms with van der Waals surface area (Å²) in [4.78, 5) is 21.9. The van der Waals surface area contributed by atoms with E-state index in [-0.39, 0.29) is 5.91 Å². The molecule has 0 spiro atoms. The van der Waals surface area contributed by atoms with Gasteiger partial charge in [-0.3, -0.25) is 14.7 Å². The number of hydrogen-bond donors (Lipinski definition) is 0. The predicted molar refractivity (Wildman–Crippen MR) is 119 cm³/mol. The number of fused-ring (bicyclic) bond motifs is 2. The first-order valence-corrected chi connectivity index (χ1v) is 10.5. The van der Waals surface area contributed by atoms with Crippen molar-refractivity contribution in [2.75, 3.05) is 26.2 Å². The van der Waals surface area contributed by atoms with Gasteiger partial charge >= 0.3 is 0 Å². The molecule has 0 unspecified atom stereocenters.